The Morgan fingerprint density at radius 2 is 2.04 bits per heavy atom. The molecule has 0 spiro atoms. The average molecular weight is 396 g/mol. The first-order valence-electron chi connectivity index (χ1n) is 7.21. The lowest BCUT2D eigenvalue weighted by atomic mass is 10.3. The molecular formula is C16H18BrN3O4. The maximum atomic E-state index is 11.9. The van der Waals surface area contributed by atoms with Gasteiger partial charge in [-0.2, -0.15) is 5.10 Å². The molecule has 7 nitrogen and oxygen atoms in total. The van der Waals surface area contributed by atoms with Gasteiger partial charge in [0.2, 0.25) is 0 Å². The molecule has 0 aliphatic heterocycles. The van der Waals surface area contributed by atoms with Gasteiger partial charge in [0.1, 0.15) is 5.75 Å². The number of nitrogens with zero attached hydrogens (tertiary/aromatic N) is 2. The highest BCUT2D eigenvalue weighted by Gasteiger charge is 2.14. The van der Waals surface area contributed by atoms with Crippen molar-refractivity contribution in [1.29, 1.82) is 0 Å². The Balaban J connectivity index is 1.78. The number of amides is 1. The lowest BCUT2D eigenvalue weighted by Crippen LogP contribution is -2.24. The molecule has 24 heavy (non-hydrogen) atoms. The van der Waals surface area contributed by atoms with Gasteiger partial charge in [-0.1, -0.05) is 22.0 Å². The minimum atomic E-state index is -0.621. The van der Waals surface area contributed by atoms with Crippen LogP contribution < -0.4 is 10.1 Å². The molecule has 0 radical (unpaired) electrons. The number of rotatable bonds is 6. The minimum Gasteiger partial charge on any atom is -0.482 e. The number of hydrogen-bond donors (Lipinski definition) is 1. The van der Waals surface area contributed by atoms with Gasteiger partial charge in [0.25, 0.3) is 5.91 Å². The Kier molecular flexibility index (Phi) is 5.97. The molecule has 0 aliphatic carbocycles. The van der Waals surface area contributed by atoms with Gasteiger partial charge in [0.15, 0.2) is 13.2 Å². The molecule has 1 amide bonds. The van der Waals surface area contributed by atoms with E-state index in [-0.39, 0.29) is 13.2 Å². The number of carbonyl (C=O) groups excluding carboxylic acids is 2. The van der Waals surface area contributed by atoms with Gasteiger partial charge in [-0.3, -0.25) is 9.48 Å². The van der Waals surface area contributed by atoms with Crippen LogP contribution in [0.5, 0.6) is 5.75 Å². The highest BCUT2D eigenvalue weighted by molar-refractivity contribution is 9.10. The van der Waals surface area contributed by atoms with Crippen molar-refractivity contribution < 1.29 is 19.1 Å². The average Bonchev–Trinajstić information content (AvgIpc) is 2.77. The van der Waals surface area contributed by atoms with Crippen LogP contribution >= 0.6 is 15.9 Å². The van der Waals surface area contributed by atoms with Crippen molar-refractivity contribution in [1.82, 2.24) is 9.78 Å². The number of nitrogens with one attached hydrogen (secondary N) is 1. The van der Waals surface area contributed by atoms with E-state index in [1.807, 2.05) is 13.0 Å². The molecule has 2 rings (SSSR count). The predicted molar refractivity (Wildman–Crippen MR) is 91.9 cm³/mol. The van der Waals surface area contributed by atoms with Gasteiger partial charge in [-0.15, -0.1) is 0 Å². The Morgan fingerprint density at radius 3 is 2.67 bits per heavy atom. The summed E-state index contributed by atoms with van der Waals surface area (Å²) in [5.74, 6) is -0.512. The van der Waals surface area contributed by atoms with E-state index < -0.39 is 11.9 Å². The van der Waals surface area contributed by atoms with Crippen molar-refractivity contribution in [2.45, 2.75) is 13.8 Å². The molecule has 0 saturated heterocycles. The van der Waals surface area contributed by atoms with Gasteiger partial charge in [-0.05, 0) is 32.0 Å². The molecule has 0 aliphatic rings. The summed E-state index contributed by atoms with van der Waals surface area (Å²) in [6, 6.07) is 7.08. The quantitative estimate of drug-likeness (QED) is 0.759. The fourth-order valence-electron chi connectivity index (χ4n) is 2.02. The zero-order valence-corrected chi connectivity index (χ0v) is 15.2. The maximum absolute atomic E-state index is 11.9. The largest absolute Gasteiger partial charge is 0.482 e. The van der Waals surface area contributed by atoms with E-state index in [4.69, 9.17) is 9.47 Å². The first-order chi connectivity index (χ1) is 11.4. The van der Waals surface area contributed by atoms with Crippen molar-refractivity contribution in [3.63, 3.8) is 0 Å². The first kappa shape index (κ1) is 18.0. The summed E-state index contributed by atoms with van der Waals surface area (Å²) in [6.07, 6.45) is 0. The third-order valence-corrected chi connectivity index (χ3v) is 3.78. The van der Waals surface area contributed by atoms with E-state index in [2.05, 4.69) is 26.3 Å². The Bertz CT molecular complexity index is 758. The lowest BCUT2D eigenvalue weighted by Gasteiger charge is -2.08. The molecule has 1 heterocycles. The summed E-state index contributed by atoms with van der Waals surface area (Å²) in [5.41, 5.74) is 2.15. The van der Waals surface area contributed by atoms with Gasteiger partial charge in [-0.25, -0.2) is 4.79 Å². The summed E-state index contributed by atoms with van der Waals surface area (Å²) >= 11 is 3.31. The number of benzene rings is 1. The van der Waals surface area contributed by atoms with Gasteiger partial charge in [0.05, 0.1) is 17.1 Å². The van der Waals surface area contributed by atoms with Crippen molar-refractivity contribution in [2.24, 2.45) is 7.05 Å². The number of halogens is 1. The third kappa shape index (κ3) is 4.82. The maximum Gasteiger partial charge on any atom is 0.344 e. The van der Waals surface area contributed by atoms with Crippen LogP contribution in [0.15, 0.2) is 28.7 Å². The molecule has 0 atom stereocenters. The normalized spacial score (nSPS) is 10.3. The van der Waals surface area contributed by atoms with E-state index in [9.17, 15) is 9.59 Å². The van der Waals surface area contributed by atoms with Crippen LogP contribution in [0.3, 0.4) is 0 Å². The number of aryl methyl sites for hydroxylation is 2. The number of aromatic nitrogens is 2. The molecule has 2 aromatic rings. The minimum absolute atomic E-state index is 0.269. The van der Waals surface area contributed by atoms with Crippen molar-refractivity contribution >= 4 is 33.5 Å². The molecule has 1 N–H and O–H groups in total. The van der Waals surface area contributed by atoms with Crippen LogP contribution in [0.1, 0.15) is 11.4 Å². The molecule has 0 fully saturated rings. The van der Waals surface area contributed by atoms with Crippen molar-refractivity contribution in [3.8, 4) is 5.75 Å². The third-order valence-electron chi connectivity index (χ3n) is 3.29. The van der Waals surface area contributed by atoms with Crippen molar-refractivity contribution in [2.75, 3.05) is 18.5 Å². The first-order valence-corrected chi connectivity index (χ1v) is 8.00. The fourth-order valence-corrected chi connectivity index (χ4v) is 2.39. The number of esters is 1. The summed E-state index contributed by atoms with van der Waals surface area (Å²) < 4.78 is 12.7. The number of carbonyl (C=O) groups is 2. The van der Waals surface area contributed by atoms with E-state index in [0.29, 0.717) is 17.1 Å². The zero-order chi connectivity index (χ0) is 17.7. The molecule has 8 heteroatoms. The smallest absolute Gasteiger partial charge is 0.344 e. The molecule has 1 aromatic heterocycles. The SMILES string of the molecule is Cc1nn(C)c(C)c1NC(=O)COC(=O)COc1cccc(Br)c1. The Morgan fingerprint density at radius 1 is 1.29 bits per heavy atom. The summed E-state index contributed by atoms with van der Waals surface area (Å²) in [6.45, 7) is 2.98. The molecule has 1 aromatic carbocycles. The monoisotopic (exact) mass is 395 g/mol. The Hall–Kier alpha value is -2.35. The van der Waals surface area contributed by atoms with E-state index in [0.717, 1.165) is 10.2 Å². The highest BCUT2D eigenvalue weighted by Crippen LogP contribution is 2.18. The van der Waals surface area contributed by atoms with Crippen LogP contribution in [0, 0.1) is 13.8 Å². The number of ether oxygens (including phenoxy) is 2. The second-order valence-electron chi connectivity index (χ2n) is 5.12. The van der Waals surface area contributed by atoms with Crippen LogP contribution in [0.2, 0.25) is 0 Å². The standard InChI is InChI=1S/C16H18BrN3O4/c1-10-16(11(2)20(3)19-10)18-14(21)8-24-15(22)9-23-13-6-4-5-12(17)7-13/h4-7H,8-9H2,1-3H3,(H,18,21). The molecule has 0 unspecified atom stereocenters. The van der Waals surface area contributed by atoms with Crippen LogP contribution in [0.25, 0.3) is 0 Å². The lowest BCUT2D eigenvalue weighted by molar-refractivity contribution is -0.149. The summed E-state index contributed by atoms with van der Waals surface area (Å²) in [7, 11) is 1.79. The molecule has 0 bridgehead atoms. The van der Waals surface area contributed by atoms with Crippen LogP contribution in [-0.4, -0.2) is 34.9 Å². The summed E-state index contributed by atoms with van der Waals surface area (Å²) in [5, 5.41) is 6.89. The number of anilines is 1. The molecule has 0 saturated carbocycles. The summed E-state index contributed by atoms with van der Waals surface area (Å²) in [4.78, 5) is 23.5. The fraction of sp³-hybridized carbons (Fsp3) is 0.312. The van der Waals surface area contributed by atoms with Crippen LogP contribution in [-0.2, 0) is 21.4 Å². The van der Waals surface area contributed by atoms with Gasteiger partial charge >= 0.3 is 5.97 Å². The highest BCUT2D eigenvalue weighted by atomic mass is 79.9. The molecule has 128 valence electrons. The van der Waals surface area contributed by atoms with Crippen molar-refractivity contribution in [3.05, 3.63) is 40.1 Å². The van der Waals surface area contributed by atoms with E-state index in [1.54, 1.807) is 36.9 Å². The van der Waals surface area contributed by atoms with E-state index >= 15 is 0 Å². The van der Waals surface area contributed by atoms with Gasteiger partial charge in [0, 0.05) is 11.5 Å². The second-order valence-corrected chi connectivity index (χ2v) is 6.04. The number of hydrogen-bond acceptors (Lipinski definition) is 5. The molecular weight excluding hydrogens is 378 g/mol. The van der Waals surface area contributed by atoms with Crippen LogP contribution in [0.4, 0.5) is 5.69 Å². The van der Waals surface area contributed by atoms with Gasteiger partial charge < -0.3 is 14.8 Å². The van der Waals surface area contributed by atoms with E-state index in [1.165, 1.54) is 0 Å². The second kappa shape index (κ2) is 7.96. The zero-order valence-electron chi connectivity index (χ0n) is 13.6. The topological polar surface area (TPSA) is 82.5 Å². The Labute approximate surface area is 148 Å². The predicted octanol–water partition coefficient (Wildman–Crippen LogP) is 2.36.